The fourth-order valence-corrected chi connectivity index (χ4v) is 6.63. The maximum absolute atomic E-state index is 14.4. The van der Waals surface area contributed by atoms with Gasteiger partial charge in [0.15, 0.2) is 11.5 Å². The predicted molar refractivity (Wildman–Crippen MR) is 143 cm³/mol. The number of furan rings is 1. The summed E-state index contributed by atoms with van der Waals surface area (Å²) in [6.07, 6.45) is 5.26. The van der Waals surface area contributed by atoms with Crippen LogP contribution in [-0.4, -0.2) is 28.4 Å². The maximum atomic E-state index is 14.4. The normalized spacial score (nSPS) is 24.6. The molecular weight excluding hydrogens is 476 g/mol. The number of ketones is 2. The van der Waals surface area contributed by atoms with Crippen molar-refractivity contribution in [3.63, 3.8) is 0 Å². The standard InChI is InChI=1S/C32H24N2O4/c1-19-12-14-21(15-13-19)28(35)27-26(29(36)25-11-6-18-38-25)32(23-9-4-5-10-24(23)33-31(32)37)30-22-8-3-2-7-20(22)16-17-34(27)30/h2-18,26-27,30H,1H3,(H,33,37)/t26-,27-,30+,32+/m0/s1. The summed E-state index contributed by atoms with van der Waals surface area (Å²) in [5, 5.41) is 3.05. The number of fused-ring (bicyclic) bond motifs is 6. The number of para-hydroxylation sites is 1. The smallest absolute Gasteiger partial charge is 0.238 e. The zero-order chi connectivity index (χ0) is 26.0. The van der Waals surface area contributed by atoms with Gasteiger partial charge >= 0.3 is 0 Å². The van der Waals surface area contributed by atoms with Crippen LogP contribution in [-0.2, 0) is 10.2 Å². The van der Waals surface area contributed by atoms with Crippen LogP contribution in [0.1, 0.15) is 49.2 Å². The molecular formula is C32H24N2O4. The topological polar surface area (TPSA) is 79.6 Å². The van der Waals surface area contributed by atoms with Crippen molar-refractivity contribution in [1.29, 1.82) is 0 Å². The van der Waals surface area contributed by atoms with E-state index in [9.17, 15) is 14.4 Å². The number of benzene rings is 3. The summed E-state index contributed by atoms with van der Waals surface area (Å²) in [6, 6.07) is 24.4. The average molecular weight is 501 g/mol. The van der Waals surface area contributed by atoms with Crippen molar-refractivity contribution in [2.24, 2.45) is 5.92 Å². The Morgan fingerprint density at radius 1 is 0.895 bits per heavy atom. The lowest BCUT2D eigenvalue weighted by Crippen LogP contribution is -2.49. The number of amides is 1. The minimum Gasteiger partial charge on any atom is -0.461 e. The molecule has 6 heteroatoms. The number of aryl methyl sites for hydroxylation is 1. The largest absolute Gasteiger partial charge is 0.461 e. The molecule has 0 unspecified atom stereocenters. The predicted octanol–water partition coefficient (Wildman–Crippen LogP) is 5.57. The summed E-state index contributed by atoms with van der Waals surface area (Å²) in [4.78, 5) is 45.0. The number of anilines is 1. The van der Waals surface area contributed by atoms with E-state index in [2.05, 4.69) is 5.32 Å². The van der Waals surface area contributed by atoms with Gasteiger partial charge in [0.1, 0.15) is 11.5 Å². The molecule has 4 aromatic rings. The first kappa shape index (κ1) is 22.5. The van der Waals surface area contributed by atoms with E-state index in [0.717, 1.165) is 16.7 Å². The number of nitrogens with zero attached hydrogens (tertiary/aromatic N) is 1. The highest BCUT2D eigenvalue weighted by atomic mass is 16.3. The summed E-state index contributed by atoms with van der Waals surface area (Å²) >= 11 is 0. The fraction of sp³-hybridized carbons (Fsp3) is 0.156. The maximum Gasteiger partial charge on any atom is 0.238 e. The molecule has 1 saturated heterocycles. The second kappa shape index (κ2) is 8.15. The third kappa shape index (κ3) is 2.91. The molecule has 1 aromatic heterocycles. The van der Waals surface area contributed by atoms with E-state index in [0.29, 0.717) is 16.8 Å². The number of hydrogen-bond donors (Lipinski definition) is 1. The van der Waals surface area contributed by atoms with Gasteiger partial charge in [0, 0.05) is 17.5 Å². The van der Waals surface area contributed by atoms with Gasteiger partial charge in [-0.15, -0.1) is 0 Å². The molecule has 1 N–H and O–H groups in total. The van der Waals surface area contributed by atoms with Crippen LogP contribution in [0.2, 0.25) is 0 Å². The molecule has 7 rings (SSSR count). The highest BCUT2D eigenvalue weighted by molar-refractivity contribution is 6.16. The van der Waals surface area contributed by atoms with Crippen molar-refractivity contribution in [3.05, 3.63) is 131 Å². The lowest BCUT2D eigenvalue weighted by Gasteiger charge is -2.38. The Balaban J connectivity index is 1.54. The molecule has 0 aliphatic carbocycles. The highest BCUT2D eigenvalue weighted by Gasteiger charge is 2.71. The quantitative estimate of drug-likeness (QED) is 0.371. The van der Waals surface area contributed by atoms with E-state index < -0.39 is 23.4 Å². The van der Waals surface area contributed by atoms with E-state index in [1.54, 1.807) is 24.3 Å². The third-order valence-electron chi connectivity index (χ3n) is 8.22. The second-order valence-corrected chi connectivity index (χ2v) is 10.2. The lowest BCUT2D eigenvalue weighted by molar-refractivity contribution is -0.122. The summed E-state index contributed by atoms with van der Waals surface area (Å²) in [7, 11) is 0. The minimum absolute atomic E-state index is 0.130. The van der Waals surface area contributed by atoms with E-state index in [4.69, 9.17) is 4.42 Å². The van der Waals surface area contributed by atoms with Crippen LogP contribution in [0.4, 0.5) is 5.69 Å². The van der Waals surface area contributed by atoms with Gasteiger partial charge < -0.3 is 14.6 Å². The molecule has 3 aliphatic rings. The Labute approximate surface area is 219 Å². The molecule has 6 nitrogen and oxygen atoms in total. The van der Waals surface area contributed by atoms with Gasteiger partial charge in [-0.1, -0.05) is 72.3 Å². The van der Waals surface area contributed by atoms with Crippen molar-refractivity contribution in [2.75, 3.05) is 5.32 Å². The van der Waals surface area contributed by atoms with Crippen molar-refractivity contribution < 1.29 is 18.8 Å². The zero-order valence-electron chi connectivity index (χ0n) is 20.6. The molecule has 3 aromatic carbocycles. The van der Waals surface area contributed by atoms with Crippen molar-refractivity contribution in [3.8, 4) is 0 Å². The first-order valence-electron chi connectivity index (χ1n) is 12.7. The number of hydrogen-bond acceptors (Lipinski definition) is 5. The van der Waals surface area contributed by atoms with E-state index in [1.165, 1.54) is 6.26 Å². The van der Waals surface area contributed by atoms with Gasteiger partial charge in [-0.3, -0.25) is 14.4 Å². The molecule has 1 fully saturated rings. The lowest BCUT2D eigenvalue weighted by atomic mass is 9.63. The molecule has 38 heavy (non-hydrogen) atoms. The van der Waals surface area contributed by atoms with Gasteiger partial charge in [0.05, 0.1) is 18.2 Å². The fourth-order valence-electron chi connectivity index (χ4n) is 6.63. The highest BCUT2D eigenvalue weighted by Crippen LogP contribution is 2.62. The van der Waals surface area contributed by atoms with Crippen LogP contribution < -0.4 is 5.32 Å². The van der Waals surface area contributed by atoms with Crippen molar-refractivity contribution >= 4 is 29.2 Å². The van der Waals surface area contributed by atoms with Crippen LogP contribution >= 0.6 is 0 Å². The molecule has 0 radical (unpaired) electrons. The Bertz CT molecular complexity index is 1640. The number of nitrogens with one attached hydrogen (secondary N) is 1. The Morgan fingerprint density at radius 3 is 2.45 bits per heavy atom. The third-order valence-corrected chi connectivity index (χ3v) is 8.22. The zero-order valence-corrected chi connectivity index (χ0v) is 20.6. The molecule has 1 amide bonds. The molecule has 4 heterocycles. The molecule has 186 valence electrons. The van der Waals surface area contributed by atoms with Crippen LogP contribution in [0.5, 0.6) is 0 Å². The molecule has 3 aliphatic heterocycles. The van der Waals surface area contributed by atoms with Crippen LogP contribution in [0.25, 0.3) is 6.08 Å². The first-order valence-corrected chi connectivity index (χ1v) is 12.7. The van der Waals surface area contributed by atoms with Gasteiger partial charge in [-0.2, -0.15) is 0 Å². The van der Waals surface area contributed by atoms with Crippen molar-refractivity contribution in [2.45, 2.75) is 24.4 Å². The molecule has 0 bridgehead atoms. The summed E-state index contributed by atoms with van der Waals surface area (Å²) in [5.74, 6) is -1.77. The Kier molecular flexibility index (Phi) is 4.82. The van der Waals surface area contributed by atoms with Gasteiger partial charge in [-0.25, -0.2) is 0 Å². The number of Topliss-reactive ketones (excluding diaryl/α,β-unsaturated/α-hetero) is 2. The number of rotatable bonds is 4. The number of carbonyl (C=O) groups excluding carboxylic acids is 3. The monoisotopic (exact) mass is 500 g/mol. The second-order valence-electron chi connectivity index (χ2n) is 10.2. The van der Waals surface area contributed by atoms with E-state index in [-0.39, 0.29) is 23.2 Å². The van der Waals surface area contributed by atoms with Crippen molar-refractivity contribution in [1.82, 2.24) is 4.90 Å². The number of carbonyl (C=O) groups is 3. The van der Waals surface area contributed by atoms with Gasteiger partial charge in [-0.05, 0) is 47.9 Å². The Morgan fingerprint density at radius 2 is 1.66 bits per heavy atom. The van der Waals surface area contributed by atoms with Gasteiger partial charge in [0.2, 0.25) is 11.7 Å². The average Bonchev–Trinajstić information content (AvgIpc) is 3.65. The molecule has 0 saturated carbocycles. The summed E-state index contributed by atoms with van der Waals surface area (Å²) in [5.41, 5.74) is 3.40. The first-order chi connectivity index (χ1) is 18.5. The van der Waals surface area contributed by atoms with E-state index in [1.807, 2.05) is 84.8 Å². The van der Waals surface area contributed by atoms with Crippen LogP contribution in [0, 0.1) is 12.8 Å². The summed E-state index contributed by atoms with van der Waals surface area (Å²) < 4.78 is 5.58. The van der Waals surface area contributed by atoms with E-state index >= 15 is 0 Å². The van der Waals surface area contributed by atoms with Crippen LogP contribution in [0.3, 0.4) is 0 Å². The molecule has 4 atom stereocenters. The Hall–Kier alpha value is -4.71. The van der Waals surface area contributed by atoms with Crippen LogP contribution in [0.15, 0.2) is 102 Å². The SMILES string of the molecule is Cc1ccc(C(=O)[C@@H]2[C@@H](C(=O)c3ccco3)[C@@]3(C(=O)Nc4ccccc43)[C@H]3c4ccccc4C=CN23)cc1. The van der Waals surface area contributed by atoms with Gasteiger partial charge in [0.25, 0.3) is 0 Å². The minimum atomic E-state index is -1.35. The summed E-state index contributed by atoms with van der Waals surface area (Å²) in [6.45, 7) is 1.96. The molecule has 1 spiro atoms.